The summed E-state index contributed by atoms with van der Waals surface area (Å²) in [5.41, 5.74) is 3.87. The van der Waals surface area contributed by atoms with Crippen LogP contribution in [0.4, 0.5) is 18.9 Å². The highest BCUT2D eigenvalue weighted by molar-refractivity contribution is 5.98. The van der Waals surface area contributed by atoms with Gasteiger partial charge in [0.2, 0.25) is 0 Å². The van der Waals surface area contributed by atoms with Gasteiger partial charge < -0.3 is 29.7 Å². The minimum Gasteiger partial charge on any atom is -0.542 e. The zero-order chi connectivity index (χ0) is 29.1. The van der Waals surface area contributed by atoms with Crippen molar-refractivity contribution in [3.63, 3.8) is 0 Å². The molecule has 0 unspecified atom stereocenters. The van der Waals surface area contributed by atoms with Gasteiger partial charge >= 0.3 is 18.1 Å². The third kappa shape index (κ3) is 10.6. The summed E-state index contributed by atoms with van der Waals surface area (Å²) >= 11 is 0. The molecule has 0 saturated heterocycles. The maximum Gasteiger partial charge on any atom is 0.430 e. The van der Waals surface area contributed by atoms with Crippen LogP contribution in [0.2, 0.25) is 0 Å². The van der Waals surface area contributed by atoms with Gasteiger partial charge in [0.15, 0.2) is 0 Å². The number of hydrogen-bond donors (Lipinski definition) is 2. The molecule has 2 aromatic rings. The first-order chi connectivity index (χ1) is 17.6. The fourth-order valence-electron chi connectivity index (χ4n) is 3.48. The third-order valence-corrected chi connectivity index (χ3v) is 5.19. The van der Waals surface area contributed by atoms with Crippen molar-refractivity contribution < 1.29 is 47.5 Å². The number of hydrogen-bond acceptors (Lipinski definition) is 6. The van der Waals surface area contributed by atoms with E-state index in [-0.39, 0.29) is 6.61 Å². The number of aliphatic carboxylic acids is 1. The first-order valence-corrected chi connectivity index (χ1v) is 12.5. The number of carbonyl (C=O) groups excluding carboxylic acids is 3. The largest absolute Gasteiger partial charge is 0.542 e. The number of aryl methyl sites for hydroxylation is 1. The van der Waals surface area contributed by atoms with E-state index >= 15 is 0 Å². The van der Waals surface area contributed by atoms with E-state index in [1.807, 2.05) is 27.7 Å². The Labute approximate surface area is 220 Å². The number of aromatic nitrogens is 1. The number of carbonyl (C=O) groups is 3. The number of H-pyrrole nitrogens is 1. The number of carboxylic acid groups (broad SMARTS) is 1. The second-order valence-electron chi connectivity index (χ2n) is 9.45. The lowest BCUT2D eigenvalue weighted by atomic mass is 10.1. The van der Waals surface area contributed by atoms with Crippen LogP contribution < -0.4 is 10.4 Å². The number of nitrogens with one attached hydrogen (secondary N) is 1. The number of benzene rings is 1. The predicted molar refractivity (Wildman–Crippen MR) is 133 cm³/mol. The van der Waals surface area contributed by atoms with Crippen LogP contribution in [0.15, 0.2) is 24.3 Å². The van der Waals surface area contributed by atoms with Crippen LogP contribution in [0, 0.1) is 0 Å². The highest BCUT2D eigenvalue weighted by atomic mass is 19.4. The maximum absolute atomic E-state index is 12.8. The molecule has 0 bridgehead atoms. The first-order valence-electron chi connectivity index (χ1n) is 12.5. The summed E-state index contributed by atoms with van der Waals surface area (Å²) in [6.07, 6.45) is -1.23. The number of halogens is 3. The average molecular weight is 543 g/mol. The molecule has 0 aliphatic carbocycles. The van der Waals surface area contributed by atoms with Crippen molar-refractivity contribution in [3.05, 3.63) is 52.3 Å². The van der Waals surface area contributed by atoms with E-state index in [1.165, 1.54) is 18.4 Å². The monoisotopic (exact) mass is 542 g/mol. The molecule has 38 heavy (non-hydrogen) atoms. The summed E-state index contributed by atoms with van der Waals surface area (Å²) in [7, 11) is 0. The lowest BCUT2D eigenvalue weighted by Crippen LogP contribution is -2.76. The van der Waals surface area contributed by atoms with Gasteiger partial charge in [-0.05, 0) is 70.2 Å². The molecule has 0 aliphatic rings. The van der Waals surface area contributed by atoms with Gasteiger partial charge in [-0.25, -0.2) is 9.59 Å². The first kappa shape index (κ1) is 32.7. The molecule has 3 N–H and O–H groups in total. The standard InChI is InChI=1S/C25H36N2O4.C2HF3O2/c1-7-10-11-17-12-14-18(15-13-17)26-16-20-21(23(28)30-9-3)19(8-2)22(27-20)24(29)31-25(4,5)6;3-2(4,5)1(6)7/h12-15,26-27H,7-11,16H2,1-6H3;(H,6,7). The molecule has 11 heteroatoms. The Kier molecular flexibility index (Phi) is 12.5. The lowest BCUT2D eigenvalue weighted by molar-refractivity contribution is -0.589. The second-order valence-corrected chi connectivity index (χ2v) is 9.45. The molecule has 0 saturated carbocycles. The summed E-state index contributed by atoms with van der Waals surface area (Å²) in [5, 5.41) is 10.8. The van der Waals surface area contributed by atoms with Gasteiger partial charge in [-0.3, -0.25) is 0 Å². The number of unbranched alkanes of at least 4 members (excludes halogenated alkanes) is 1. The van der Waals surface area contributed by atoms with Crippen LogP contribution in [-0.2, 0) is 33.7 Å². The number of ether oxygens (including phenoxy) is 2. The van der Waals surface area contributed by atoms with Crippen molar-refractivity contribution in [1.29, 1.82) is 0 Å². The zero-order valence-corrected chi connectivity index (χ0v) is 22.7. The number of nitrogens with two attached hydrogens (primary N) is 1. The van der Waals surface area contributed by atoms with Crippen LogP contribution >= 0.6 is 0 Å². The number of esters is 2. The Morgan fingerprint density at radius 2 is 1.58 bits per heavy atom. The molecule has 0 atom stereocenters. The van der Waals surface area contributed by atoms with Gasteiger partial charge in [0.1, 0.15) is 29.5 Å². The topological polar surface area (TPSA) is 125 Å². The average Bonchev–Trinajstić information content (AvgIpc) is 3.20. The maximum atomic E-state index is 12.8. The number of quaternary nitrogens is 1. The molecule has 1 aromatic heterocycles. The van der Waals surface area contributed by atoms with Gasteiger partial charge in [-0.15, -0.1) is 0 Å². The quantitative estimate of drug-likeness (QED) is 0.348. The van der Waals surface area contributed by atoms with Crippen LogP contribution in [-0.4, -0.2) is 41.3 Å². The van der Waals surface area contributed by atoms with Crippen molar-refractivity contribution in [2.45, 2.75) is 85.5 Å². The molecule has 0 radical (unpaired) electrons. The summed E-state index contributed by atoms with van der Waals surface area (Å²) in [6, 6.07) is 8.47. The van der Waals surface area contributed by atoms with E-state index in [1.54, 1.807) is 6.92 Å². The normalized spacial score (nSPS) is 11.4. The van der Waals surface area contributed by atoms with Crippen LogP contribution in [0.5, 0.6) is 0 Å². The SMILES string of the molecule is CCCCc1ccc([NH2+]Cc2[nH]c(C(=O)OC(C)(C)C)c(CC)c2C(=O)OCC)cc1.O=C([O-])C(F)(F)F. The van der Waals surface area contributed by atoms with E-state index in [2.05, 4.69) is 41.5 Å². The summed E-state index contributed by atoms with van der Waals surface area (Å²) in [5.74, 6) is -3.88. The molecular formula is C27H37F3N2O6. The van der Waals surface area contributed by atoms with Gasteiger partial charge in [0.05, 0.1) is 17.9 Å². The Balaban J connectivity index is 0.000000905. The Bertz CT molecular complexity index is 1070. The minimum atomic E-state index is -5.19. The minimum absolute atomic E-state index is 0.275. The molecule has 0 fully saturated rings. The predicted octanol–water partition coefficient (Wildman–Crippen LogP) is 3.75. The molecule has 1 heterocycles. The number of alkyl halides is 3. The lowest BCUT2D eigenvalue weighted by Gasteiger charge is -2.19. The zero-order valence-electron chi connectivity index (χ0n) is 22.7. The van der Waals surface area contributed by atoms with Crippen molar-refractivity contribution in [2.24, 2.45) is 0 Å². The molecule has 0 amide bonds. The Hall–Kier alpha value is -3.34. The molecule has 1 aromatic carbocycles. The highest BCUT2D eigenvalue weighted by Crippen LogP contribution is 2.24. The van der Waals surface area contributed by atoms with Crippen LogP contribution in [0.25, 0.3) is 0 Å². The van der Waals surface area contributed by atoms with Gasteiger partial charge in [-0.2, -0.15) is 13.2 Å². The summed E-state index contributed by atoms with van der Waals surface area (Å²) < 4.78 is 42.4. The van der Waals surface area contributed by atoms with E-state index in [0.29, 0.717) is 35.5 Å². The van der Waals surface area contributed by atoms with Crippen molar-refractivity contribution in [1.82, 2.24) is 4.98 Å². The van der Waals surface area contributed by atoms with Gasteiger partial charge in [0.25, 0.3) is 0 Å². The van der Waals surface area contributed by atoms with E-state index in [4.69, 9.17) is 19.4 Å². The van der Waals surface area contributed by atoms with Crippen molar-refractivity contribution in [3.8, 4) is 0 Å². The van der Waals surface area contributed by atoms with Crippen molar-refractivity contribution in [2.75, 3.05) is 6.61 Å². The van der Waals surface area contributed by atoms with Gasteiger partial charge in [0, 0.05) is 0 Å². The van der Waals surface area contributed by atoms with Gasteiger partial charge in [-0.1, -0.05) is 32.4 Å². The van der Waals surface area contributed by atoms with E-state index < -0.39 is 29.7 Å². The summed E-state index contributed by atoms with van der Waals surface area (Å²) in [6.45, 7) is 12.1. The Morgan fingerprint density at radius 3 is 2.03 bits per heavy atom. The molecule has 8 nitrogen and oxygen atoms in total. The van der Waals surface area contributed by atoms with Crippen LogP contribution in [0.1, 0.15) is 92.1 Å². The van der Waals surface area contributed by atoms with Crippen LogP contribution in [0.3, 0.4) is 0 Å². The number of aromatic amines is 1. The Morgan fingerprint density at radius 1 is 1.00 bits per heavy atom. The fraction of sp³-hybridized carbons (Fsp3) is 0.519. The van der Waals surface area contributed by atoms with E-state index in [9.17, 15) is 22.8 Å². The molecule has 212 valence electrons. The number of rotatable bonds is 10. The smallest absolute Gasteiger partial charge is 0.430 e. The molecule has 2 rings (SSSR count). The van der Waals surface area contributed by atoms with Crippen molar-refractivity contribution >= 4 is 23.6 Å². The summed E-state index contributed by atoms with van der Waals surface area (Å²) in [4.78, 5) is 37.4. The highest BCUT2D eigenvalue weighted by Gasteiger charge is 2.30. The fourth-order valence-corrected chi connectivity index (χ4v) is 3.48. The molecule has 0 aliphatic heterocycles. The third-order valence-electron chi connectivity index (χ3n) is 5.19. The van der Waals surface area contributed by atoms with E-state index in [0.717, 1.165) is 12.1 Å². The second kappa shape index (κ2) is 14.6. The molecular weight excluding hydrogens is 505 g/mol. The molecule has 0 spiro atoms. The number of carboxylic acids is 1.